The summed E-state index contributed by atoms with van der Waals surface area (Å²) < 4.78 is 14.1. The third kappa shape index (κ3) is 2.21. The maximum absolute atomic E-state index is 6.07. The molecule has 0 N–H and O–H groups in total. The summed E-state index contributed by atoms with van der Waals surface area (Å²) in [5, 5.41) is 4.50. The zero-order valence-electron chi connectivity index (χ0n) is 12.3. The van der Waals surface area contributed by atoms with E-state index >= 15 is 0 Å². The van der Waals surface area contributed by atoms with Crippen molar-refractivity contribution in [1.82, 2.24) is 9.78 Å². The van der Waals surface area contributed by atoms with Crippen LogP contribution in [0.5, 0.6) is 0 Å². The van der Waals surface area contributed by atoms with Crippen LogP contribution in [0.1, 0.15) is 46.7 Å². The van der Waals surface area contributed by atoms with Crippen molar-refractivity contribution < 1.29 is 9.31 Å². The number of rotatable bonds is 3. The van der Waals surface area contributed by atoms with E-state index in [2.05, 4.69) is 45.8 Å². The van der Waals surface area contributed by atoms with Gasteiger partial charge in [0.25, 0.3) is 0 Å². The Balaban J connectivity index is 2.29. The monoisotopic (exact) mass is 250 g/mol. The number of hydrogen-bond donors (Lipinski definition) is 0. The summed E-state index contributed by atoms with van der Waals surface area (Å²) >= 11 is 0. The van der Waals surface area contributed by atoms with Crippen LogP contribution in [0.25, 0.3) is 0 Å². The Bertz CT molecular complexity index is 424. The van der Waals surface area contributed by atoms with Crippen LogP contribution in [-0.4, -0.2) is 28.1 Å². The van der Waals surface area contributed by atoms with Gasteiger partial charge in [0.1, 0.15) is 0 Å². The minimum Gasteiger partial charge on any atom is -0.398 e. The summed E-state index contributed by atoms with van der Waals surface area (Å²) in [7, 11) is -0.317. The molecule has 0 saturated carbocycles. The van der Waals surface area contributed by atoms with Gasteiger partial charge >= 0.3 is 7.12 Å². The number of aryl methyl sites for hydroxylation is 2. The van der Waals surface area contributed by atoms with Crippen molar-refractivity contribution in [2.75, 3.05) is 0 Å². The summed E-state index contributed by atoms with van der Waals surface area (Å²) in [5.41, 5.74) is 1.43. The van der Waals surface area contributed by atoms with Gasteiger partial charge in [-0.15, -0.1) is 0 Å². The predicted molar refractivity (Wildman–Crippen MR) is 73.0 cm³/mol. The summed E-state index contributed by atoms with van der Waals surface area (Å²) in [4.78, 5) is 0. The maximum atomic E-state index is 6.07. The molecule has 0 aromatic carbocycles. The van der Waals surface area contributed by atoms with E-state index in [0.29, 0.717) is 0 Å². The molecule has 18 heavy (non-hydrogen) atoms. The highest BCUT2D eigenvalue weighted by atomic mass is 16.7. The van der Waals surface area contributed by atoms with E-state index in [1.165, 1.54) is 0 Å². The lowest BCUT2D eigenvalue weighted by Crippen LogP contribution is -2.41. The van der Waals surface area contributed by atoms with Crippen LogP contribution in [-0.2, 0) is 15.9 Å². The van der Waals surface area contributed by atoms with Crippen molar-refractivity contribution in [2.45, 2.75) is 65.7 Å². The van der Waals surface area contributed by atoms with Crippen LogP contribution in [0.15, 0.2) is 6.07 Å². The van der Waals surface area contributed by atoms with Crippen molar-refractivity contribution in [1.29, 1.82) is 0 Å². The molecule has 2 heterocycles. The van der Waals surface area contributed by atoms with E-state index in [4.69, 9.17) is 9.31 Å². The lowest BCUT2D eigenvalue weighted by molar-refractivity contribution is 0.00578. The van der Waals surface area contributed by atoms with Crippen LogP contribution < -0.4 is 5.59 Å². The van der Waals surface area contributed by atoms with Crippen LogP contribution in [0.2, 0.25) is 0 Å². The second kappa shape index (κ2) is 4.39. The highest BCUT2D eigenvalue weighted by Gasteiger charge is 2.52. The minimum atomic E-state index is -0.317. The smallest absolute Gasteiger partial charge is 0.398 e. The molecule has 2 rings (SSSR count). The normalized spacial score (nSPS) is 21.6. The summed E-state index contributed by atoms with van der Waals surface area (Å²) in [6.45, 7) is 13.3. The van der Waals surface area contributed by atoms with E-state index in [1.54, 1.807) is 0 Å². The summed E-state index contributed by atoms with van der Waals surface area (Å²) in [6, 6.07) is 2.05. The fraction of sp³-hybridized carbons (Fsp3) is 0.769. The number of hydrogen-bond acceptors (Lipinski definition) is 3. The molecule has 0 spiro atoms. The highest BCUT2D eigenvalue weighted by Crippen LogP contribution is 2.36. The van der Waals surface area contributed by atoms with Crippen molar-refractivity contribution in [3.05, 3.63) is 11.8 Å². The first-order valence-electron chi connectivity index (χ1n) is 6.67. The van der Waals surface area contributed by atoms with Crippen LogP contribution >= 0.6 is 0 Å². The van der Waals surface area contributed by atoms with Crippen molar-refractivity contribution in [2.24, 2.45) is 0 Å². The molecule has 0 unspecified atom stereocenters. The van der Waals surface area contributed by atoms with Crippen molar-refractivity contribution in [3.8, 4) is 0 Å². The second-order valence-corrected chi connectivity index (χ2v) is 6.02. The van der Waals surface area contributed by atoms with Gasteiger partial charge in [-0.05, 0) is 47.1 Å². The van der Waals surface area contributed by atoms with Gasteiger partial charge in [-0.1, -0.05) is 6.92 Å². The van der Waals surface area contributed by atoms with Gasteiger partial charge in [0.05, 0.1) is 22.5 Å². The van der Waals surface area contributed by atoms with E-state index < -0.39 is 0 Å². The average molecular weight is 250 g/mol. The van der Waals surface area contributed by atoms with Gasteiger partial charge in [-0.25, -0.2) is 0 Å². The standard InChI is InChI=1S/C13H23BN2O2/c1-7-8-16-11(9-10(2)15-16)14-17-12(3,4)13(5,6)18-14/h9H,7-8H2,1-6H3. The van der Waals surface area contributed by atoms with Gasteiger partial charge in [0.2, 0.25) is 0 Å². The third-order valence-electron chi connectivity index (χ3n) is 3.86. The first-order chi connectivity index (χ1) is 8.27. The first-order valence-corrected chi connectivity index (χ1v) is 6.67. The molecule has 1 aliphatic rings. The van der Waals surface area contributed by atoms with E-state index in [0.717, 1.165) is 24.3 Å². The molecular weight excluding hydrogens is 227 g/mol. The Morgan fingerprint density at radius 1 is 1.22 bits per heavy atom. The molecule has 1 saturated heterocycles. The molecule has 0 radical (unpaired) electrons. The fourth-order valence-electron chi connectivity index (χ4n) is 2.11. The molecule has 100 valence electrons. The molecule has 5 heteroatoms. The molecule has 0 atom stereocenters. The number of aromatic nitrogens is 2. The molecular formula is C13H23BN2O2. The first kappa shape index (κ1) is 13.6. The number of nitrogens with zero attached hydrogens (tertiary/aromatic N) is 2. The topological polar surface area (TPSA) is 36.3 Å². The van der Waals surface area contributed by atoms with Gasteiger partial charge in [-0.2, -0.15) is 5.10 Å². The van der Waals surface area contributed by atoms with Gasteiger partial charge in [-0.3, -0.25) is 4.68 Å². The Morgan fingerprint density at radius 3 is 2.28 bits per heavy atom. The summed E-state index contributed by atoms with van der Waals surface area (Å²) in [6.07, 6.45) is 1.05. The fourth-order valence-corrected chi connectivity index (χ4v) is 2.11. The SMILES string of the molecule is CCCn1nc(C)cc1B1OC(C)(C)C(C)(C)O1. The molecule has 1 aromatic rings. The molecule has 1 aliphatic heterocycles. The van der Waals surface area contributed by atoms with Crippen LogP contribution in [0, 0.1) is 6.92 Å². The van der Waals surface area contributed by atoms with Gasteiger partial charge in [0, 0.05) is 6.54 Å². The Morgan fingerprint density at radius 2 is 1.78 bits per heavy atom. The molecule has 0 aliphatic carbocycles. The lowest BCUT2D eigenvalue weighted by Gasteiger charge is -2.32. The Hall–Kier alpha value is -0.805. The third-order valence-corrected chi connectivity index (χ3v) is 3.86. The molecule has 1 aromatic heterocycles. The van der Waals surface area contributed by atoms with Crippen molar-refractivity contribution in [3.63, 3.8) is 0 Å². The quantitative estimate of drug-likeness (QED) is 0.769. The molecule has 4 nitrogen and oxygen atoms in total. The van der Waals surface area contributed by atoms with Crippen LogP contribution in [0.4, 0.5) is 0 Å². The molecule has 1 fully saturated rings. The highest BCUT2D eigenvalue weighted by molar-refractivity contribution is 6.61. The molecule has 0 amide bonds. The Kier molecular flexibility index (Phi) is 3.32. The van der Waals surface area contributed by atoms with E-state index in [9.17, 15) is 0 Å². The Labute approximate surface area is 110 Å². The van der Waals surface area contributed by atoms with Crippen LogP contribution in [0.3, 0.4) is 0 Å². The van der Waals surface area contributed by atoms with Gasteiger partial charge < -0.3 is 9.31 Å². The van der Waals surface area contributed by atoms with E-state index in [1.807, 2.05) is 11.6 Å². The zero-order valence-corrected chi connectivity index (χ0v) is 12.3. The maximum Gasteiger partial charge on any atom is 0.514 e. The molecule has 0 bridgehead atoms. The minimum absolute atomic E-state index is 0.299. The van der Waals surface area contributed by atoms with Crippen molar-refractivity contribution >= 4 is 12.7 Å². The van der Waals surface area contributed by atoms with E-state index in [-0.39, 0.29) is 18.3 Å². The zero-order chi connectivity index (χ0) is 13.6. The lowest BCUT2D eigenvalue weighted by atomic mass is 9.84. The summed E-state index contributed by atoms with van der Waals surface area (Å²) in [5.74, 6) is 0. The predicted octanol–water partition coefficient (Wildman–Crippen LogP) is 1.90. The average Bonchev–Trinajstić information content (AvgIpc) is 2.67. The second-order valence-electron chi connectivity index (χ2n) is 6.02. The van der Waals surface area contributed by atoms with Gasteiger partial charge in [0.15, 0.2) is 0 Å². The largest absolute Gasteiger partial charge is 0.514 e.